The fourth-order valence-corrected chi connectivity index (χ4v) is 2.42. The maximum Gasteiger partial charge on any atom is 0.125 e. The van der Waals surface area contributed by atoms with Crippen molar-refractivity contribution in [2.75, 3.05) is 19.8 Å². The van der Waals surface area contributed by atoms with Crippen molar-refractivity contribution in [1.82, 2.24) is 5.32 Å². The van der Waals surface area contributed by atoms with Gasteiger partial charge in [0.1, 0.15) is 11.9 Å². The minimum absolute atomic E-state index is 0.247. The molecule has 0 spiro atoms. The van der Waals surface area contributed by atoms with Gasteiger partial charge in [-0.1, -0.05) is 24.6 Å². The van der Waals surface area contributed by atoms with E-state index in [0.717, 1.165) is 61.9 Å². The summed E-state index contributed by atoms with van der Waals surface area (Å²) in [6.07, 6.45) is 3.26. The minimum Gasteiger partial charge on any atom is -0.490 e. The second kappa shape index (κ2) is 7.73. The Morgan fingerprint density at radius 3 is 2.89 bits per heavy atom. The molecule has 1 aliphatic rings. The number of ether oxygens (including phenoxy) is 2. The Morgan fingerprint density at radius 1 is 1.37 bits per heavy atom. The van der Waals surface area contributed by atoms with Gasteiger partial charge in [-0.15, -0.1) is 0 Å². The van der Waals surface area contributed by atoms with Crippen molar-refractivity contribution in [1.29, 1.82) is 0 Å². The molecule has 1 aromatic rings. The lowest BCUT2D eigenvalue weighted by molar-refractivity contribution is 0.0251. The van der Waals surface area contributed by atoms with Crippen molar-refractivity contribution < 1.29 is 9.47 Å². The first-order valence-corrected chi connectivity index (χ1v) is 7.41. The Labute approximate surface area is 120 Å². The van der Waals surface area contributed by atoms with E-state index in [1.165, 1.54) is 0 Å². The number of hydrogen-bond acceptors (Lipinski definition) is 3. The number of hydrogen-bond donors (Lipinski definition) is 1. The molecule has 0 saturated carbocycles. The molecule has 1 saturated heterocycles. The highest BCUT2D eigenvalue weighted by Gasteiger charge is 2.17. The number of halogens is 1. The maximum atomic E-state index is 6.28. The van der Waals surface area contributed by atoms with Crippen LogP contribution in [0.4, 0.5) is 0 Å². The fraction of sp³-hybridized carbons (Fsp3) is 0.600. The van der Waals surface area contributed by atoms with Gasteiger partial charge in [0, 0.05) is 30.0 Å². The summed E-state index contributed by atoms with van der Waals surface area (Å²) < 4.78 is 11.4. The van der Waals surface area contributed by atoms with Crippen LogP contribution in [-0.2, 0) is 11.3 Å². The molecule has 0 bridgehead atoms. The fourth-order valence-electron chi connectivity index (χ4n) is 2.18. The summed E-state index contributed by atoms with van der Waals surface area (Å²) in [4.78, 5) is 0. The third kappa shape index (κ3) is 4.37. The van der Waals surface area contributed by atoms with E-state index >= 15 is 0 Å². The van der Waals surface area contributed by atoms with E-state index in [0.29, 0.717) is 0 Å². The van der Waals surface area contributed by atoms with Crippen molar-refractivity contribution in [2.45, 2.75) is 38.8 Å². The molecule has 19 heavy (non-hydrogen) atoms. The summed E-state index contributed by atoms with van der Waals surface area (Å²) in [7, 11) is 0. The monoisotopic (exact) mass is 283 g/mol. The van der Waals surface area contributed by atoms with Crippen LogP contribution >= 0.6 is 11.6 Å². The summed E-state index contributed by atoms with van der Waals surface area (Å²) in [6.45, 7) is 5.47. The Bertz CT molecular complexity index is 392. The average molecular weight is 284 g/mol. The topological polar surface area (TPSA) is 30.5 Å². The molecule has 0 aliphatic carbocycles. The average Bonchev–Trinajstić information content (AvgIpc) is 2.43. The zero-order valence-corrected chi connectivity index (χ0v) is 12.2. The Kier molecular flexibility index (Phi) is 5.95. The molecule has 0 radical (unpaired) electrons. The van der Waals surface area contributed by atoms with E-state index in [4.69, 9.17) is 21.1 Å². The number of rotatable bonds is 6. The molecule has 1 N–H and O–H groups in total. The molecule has 0 atom stereocenters. The second-order valence-corrected chi connectivity index (χ2v) is 5.23. The highest BCUT2D eigenvalue weighted by atomic mass is 35.5. The Balaban J connectivity index is 2.03. The van der Waals surface area contributed by atoms with Crippen LogP contribution in [0, 0.1) is 0 Å². The predicted octanol–water partition coefficient (Wildman–Crippen LogP) is 3.40. The van der Waals surface area contributed by atoms with E-state index < -0.39 is 0 Å². The summed E-state index contributed by atoms with van der Waals surface area (Å²) in [5.74, 6) is 0.906. The molecule has 0 unspecified atom stereocenters. The quantitative estimate of drug-likeness (QED) is 0.812. The van der Waals surface area contributed by atoms with Crippen molar-refractivity contribution in [3.63, 3.8) is 0 Å². The Morgan fingerprint density at radius 2 is 2.16 bits per heavy atom. The van der Waals surface area contributed by atoms with E-state index in [1.807, 2.05) is 18.2 Å². The summed E-state index contributed by atoms with van der Waals surface area (Å²) in [5, 5.41) is 4.15. The SMILES string of the molecule is CCCNCc1c(Cl)cccc1OC1CCOCC1. The van der Waals surface area contributed by atoms with E-state index in [9.17, 15) is 0 Å². The third-order valence-corrected chi connectivity index (χ3v) is 3.62. The molecule has 4 heteroatoms. The van der Waals surface area contributed by atoms with E-state index in [-0.39, 0.29) is 6.10 Å². The van der Waals surface area contributed by atoms with Gasteiger partial charge in [0.15, 0.2) is 0 Å². The molecule has 1 aliphatic heterocycles. The lowest BCUT2D eigenvalue weighted by Crippen LogP contribution is -2.26. The van der Waals surface area contributed by atoms with E-state index in [2.05, 4.69) is 12.2 Å². The van der Waals surface area contributed by atoms with Crippen molar-refractivity contribution in [3.05, 3.63) is 28.8 Å². The van der Waals surface area contributed by atoms with Crippen LogP contribution in [0.2, 0.25) is 5.02 Å². The zero-order valence-electron chi connectivity index (χ0n) is 11.5. The molecule has 0 amide bonds. The largest absolute Gasteiger partial charge is 0.490 e. The van der Waals surface area contributed by atoms with Gasteiger partial charge in [-0.2, -0.15) is 0 Å². The lowest BCUT2D eigenvalue weighted by Gasteiger charge is -2.25. The molecule has 1 aromatic carbocycles. The first kappa shape index (κ1) is 14.6. The summed E-state index contributed by atoms with van der Waals surface area (Å²) in [5.41, 5.74) is 1.06. The molecule has 1 fully saturated rings. The van der Waals surface area contributed by atoms with Gasteiger partial charge in [0.05, 0.1) is 13.2 Å². The highest BCUT2D eigenvalue weighted by molar-refractivity contribution is 6.31. The van der Waals surface area contributed by atoms with Crippen molar-refractivity contribution in [3.8, 4) is 5.75 Å². The van der Waals surface area contributed by atoms with Gasteiger partial charge in [-0.25, -0.2) is 0 Å². The van der Waals surface area contributed by atoms with Crippen LogP contribution in [-0.4, -0.2) is 25.9 Å². The maximum absolute atomic E-state index is 6.28. The minimum atomic E-state index is 0.247. The van der Waals surface area contributed by atoms with Gasteiger partial charge < -0.3 is 14.8 Å². The second-order valence-electron chi connectivity index (χ2n) is 4.82. The predicted molar refractivity (Wildman–Crippen MR) is 77.9 cm³/mol. The van der Waals surface area contributed by atoms with Crippen molar-refractivity contribution >= 4 is 11.6 Å². The van der Waals surface area contributed by atoms with Crippen LogP contribution in [0.5, 0.6) is 5.75 Å². The Hall–Kier alpha value is -0.770. The molecule has 1 heterocycles. The molecule has 3 nitrogen and oxygen atoms in total. The van der Waals surface area contributed by atoms with Gasteiger partial charge >= 0.3 is 0 Å². The highest BCUT2D eigenvalue weighted by Crippen LogP contribution is 2.28. The summed E-state index contributed by atoms with van der Waals surface area (Å²) >= 11 is 6.28. The number of nitrogens with one attached hydrogen (secondary N) is 1. The van der Waals surface area contributed by atoms with Gasteiger partial charge in [0.25, 0.3) is 0 Å². The molecular weight excluding hydrogens is 262 g/mol. The first-order valence-electron chi connectivity index (χ1n) is 7.03. The van der Waals surface area contributed by atoms with Gasteiger partial charge in [-0.05, 0) is 25.1 Å². The molecule has 2 rings (SSSR count). The molecule has 0 aromatic heterocycles. The smallest absolute Gasteiger partial charge is 0.125 e. The normalized spacial score (nSPS) is 16.5. The number of benzene rings is 1. The van der Waals surface area contributed by atoms with Crippen molar-refractivity contribution in [2.24, 2.45) is 0 Å². The standard InChI is InChI=1S/C15H22ClNO2/c1-2-8-17-11-13-14(16)4-3-5-15(13)19-12-6-9-18-10-7-12/h3-5,12,17H,2,6-11H2,1H3. The molecule has 106 valence electrons. The van der Waals surface area contributed by atoms with Crippen LogP contribution in [0.3, 0.4) is 0 Å². The van der Waals surface area contributed by atoms with Gasteiger partial charge in [0.2, 0.25) is 0 Å². The van der Waals surface area contributed by atoms with Crippen LogP contribution in [0.15, 0.2) is 18.2 Å². The lowest BCUT2D eigenvalue weighted by atomic mass is 10.1. The van der Waals surface area contributed by atoms with Gasteiger partial charge in [-0.3, -0.25) is 0 Å². The van der Waals surface area contributed by atoms with Crippen LogP contribution in [0.25, 0.3) is 0 Å². The summed E-state index contributed by atoms with van der Waals surface area (Å²) in [6, 6.07) is 5.87. The van der Waals surface area contributed by atoms with Crippen LogP contribution in [0.1, 0.15) is 31.7 Å². The third-order valence-electron chi connectivity index (χ3n) is 3.27. The van der Waals surface area contributed by atoms with Crippen LogP contribution < -0.4 is 10.1 Å². The zero-order chi connectivity index (χ0) is 13.5. The van der Waals surface area contributed by atoms with E-state index in [1.54, 1.807) is 0 Å². The first-order chi connectivity index (χ1) is 9.31. The molecular formula is C15H22ClNO2.